The summed E-state index contributed by atoms with van der Waals surface area (Å²) in [7, 11) is -3.62. The number of rotatable bonds is 2. The van der Waals surface area contributed by atoms with E-state index in [1.54, 1.807) is 24.3 Å². The summed E-state index contributed by atoms with van der Waals surface area (Å²) >= 11 is 6.08. The maximum atomic E-state index is 12.9. The molecule has 1 aliphatic heterocycles. The van der Waals surface area contributed by atoms with Crippen molar-refractivity contribution in [3.05, 3.63) is 58.6 Å². The molecule has 0 radical (unpaired) electrons. The van der Waals surface area contributed by atoms with E-state index in [0.717, 1.165) is 29.7 Å². The third-order valence-corrected chi connectivity index (χ3v) is 6.03. The Kier molecular flexibility index (Phi) is 3.68. The lowest BCUT2D eigenvalue weighted by molar-refractivity contribution is 0.586. The summed E-state index contributed by atoms with van der Waals surface area (Å²) in [5, 5.41) is 0.261. The molecule has 2 aromatic carbocycles. The number of hydrogen-bond acceptors (Lipinski definition) is 2. The summed E-state index contributed by atoms with van der Waals surface area (Å²) in [6.45, 7) is 2.46. The molecule has 0 aromatic heterocycles. The minimum absolute atomic E-state index is 0.168. The van der Waals surface area contributed by atoms with Crippen LogP contribution in [0, 0.1) is 6.92 Å². The molecule has 0 bridgehead atoms. The minimum Gasteiger partial charge on any atom is -0.266 e. The van der Waals surface area contributed by atoms with Gasteiger partial charge in [0.25, 0.3) is 10.0 Å². The molecule has 3 nitrogen and oxygen atoms in total. The van der Waals surface area contributed by atoms with Gasteiger partial charge in [0.15, 0.2) is 0 Å². The van der Waals surface area contributed by atoms with E-state index in [0.29, 0.717) is 6.54 Å². The van der Waals surface area contributed by atoms with Gasteiger partial charge in [-0.1, -0.05) is 35.9 Å². The molecule has 0 saturated carbocycles. The van der Waals surface area contributed by atoms with Crippen LogP contribution in [-0.4, -0.2) is 15.0 Å². The van der Waals surface area contributed by atoms with Crippen LogP contribution < -0.4 is 4.31 Å². The number of sulfonamides is 1. The highest BCUT2D eigenvalue weighted by atomic mass is 35.5. The van der Waals surface area contributed by atoms with E-state index in [2.05, 4.69) is 0 Å². The van der Waals surface area contributed by atoms with Gasteiger partial charge in [0.1, 0.15) is 4.90 Å². The van der Waals surface area contributed by atoms with Crippen LogP contribution in [0.4, 0.5) is 5.69 Å². The lowest BCUT2D eigenvalue weighted by atomic mass is 10.0. The monoisotopic (exact) mass is 321 g/mol. The van der Waals surface area contributed by atoms with Crippen molar-refractivity contribution in [2.45, 2.75) is 24.7 Å². The van der Waals surface area contributed by atoms with Gasteiger partial charge in [0.2, 0.25) is 0 Å². The Morgan fingerprint density at radius 1 is 1.14 bits per heavy atom. The fraction of sp³-hybridized carbons (Fsp3) is 0.250. The SMILES string of the molecule is Cc1ccc2c(c1)N(S(=O)(=O)c1ccccc1Cl)CCC2. The van der Waals surface area contributed by atoms with Gasteiger partial charge < -0.3 is 0 Å². The van der Waals surface area contributed by atoms with Crippen LogP contribution in [0.3, 0.4) is 0 Å². The van der Waals surface area contributed by atoms with Gasteiger partial charge >= 0.3 is 0 Å². The lowest BCUT2D eigenvalue weighted by Gasteiger charge is -2.31. The fourth-order valence-corrected chi connectivity index (χ4v) is 4.70. The van der Waals surface area contributed by atoms with Crippen molar-refractivity contribution in [1.82, 2.24) is 0 Å². The van der Waals surface area contributed by atoms with Gasteiger partial charge in [-0.15, -0.1) is 0 Å². The van der Waals surface area contributed by atoms with E-state index in [1.165, 1.54) is 4.31 Å². The van der Waals surface area contributed by atoms with Crippen LogP contribution in [0.2, 0.25) is 5.02 Å². The molecular formula is C16H16ClNO2S. The molecule has 0 unspecified atom stereocenters. The van der Waals surface area contributed by atoms with E-state index < -0.39 is 10.0 Å². The highest BCUT2D eigenvalue weighted by Crippen LogP contribution is 2.34. The maximum Gasteiger partial charge on any atom is 0.265 e. The third-order valence-electron chi connectivity index (χ3n) is 3.72. The van der Waals surface area contributed by atoms with Crippen LogP contribution >= 0.6 is 11.6 Å². The Hall–Kier alpha value is -1.52. The van der Waals surface area contributed by atoms with Gasteiger partial charge in [0.05, 0.1) is 10.7 Å². The van der Waals surface area contributed by atoms with Gasteiger partial charge in [-0.25, -0.2) is 8.42 Å². The first-order valence-electron chi connectivity index (χ1n) is 6.87. The highest BCUT2D eigenvalue weighted by Gasteiger charge is 2.30. The molecule has 110 valence electrons. The number of halogens is 1. The second kappa shape index (κ2) is 5.35. The van der Waals surface area contributed by atoms with E-state index >= 15 is 0 Å². The van der Waals surface area contributed by atoms with Crippen molar-refractivity contribution >= 4 is 27.3 Å². The Labute approximate surface area is 130 Å². The standard InChI is InChI=1S/C16H16ClNO2S/c1-12-8-9-13-5-4-10-18(15(13)11-12)21(19,20)16-7-3-2-6-14(16)17/h2-3,6-9,11H,4-5,10H2,1H3. The predicted molar refractivity (Wildman–Crippen MR) is 85.5 cm³/mol. The fourth-order valence-electron chi connectivity index (χ4n) is 2.67. The number of anilines is 1. The lowest BCUT2D eigenvalue weighted by Crippen LogP contribution is -2.35. The third kappa shape index (κ3) is 2.54. The Morgan fingerprint density at radius 3 is 2.67 bits per heavy atom. The van der Waals surface area contributed by atoms with Crippen LogP contribution in [0.1, 0.15) is 17.5 Å². The molecule has 0 spiro atoms. The van der Waals surface area contributed by atoms with Crippen molar-refractivity contribution in [3.8, 4) is 0 Å². The Morgan fingerprint density at radius 2 is 1.90 bits per heavy atom. The zero-order valence-corrected chi connectivity index (χ0v) is 13.3. The highest BCUT2D eigenvalue weighted by molar-refractivity contribution is 7.93. The summed E-state index contributed by atoms with van der Waals surface area (Å²) in [6, 6.07) is 12.6. The summed E-state index contributed by atoms with van der Waals surface area (Å²) in [6.07, 6.45) is 1.73. The van der Waals surface area contributed by atoms with Gasteiger partial charge in [-0.3, -0.25) is 4.31 Å². The van der Waals surface area contributed by atoms with E-state index in [9.17, 15) is 8.42 Å². The Bertz CT molecular complexity index is 787. The number of aryl methyl sites for hydroxylation is 2. The molecule has 0 saturated heterocycles. The molecule has 0 atom stereocenters. The van der Waals surface area contributed by atoms with Crippen molar-refractivity contribution in [2.75, 3.05) is 10.8 Å². The first-order chi connectivity index (χ1) is 10.00. The molecule has 3 rings (SSSR count). The smallest absolute Gasteiger partial charge is 0.265 e. The topological polar surface area (TPSA) is 37.4 Å². The average Bonchev–Trinajstić information content (AvgIpc) is 2.46. The molecule has 0 fully saturated rings. The van der Waals surface area contributed by atoms with Crippen LogP contribution in [0.5, 0.6) is 0 Å². The molecule has 0 N–H and O–H groups in total. The molecule has 2 aromatic rings. The van der Waals surface area contributed by atoms with Crippen molar-refractivity contribution in [3.63, 3.8) is 0 Å². The number of nitrogens with zero attached hydrogens (tertiary/aromatic N) is 1. The maximum absolute atomic E-state index is 12.9. The first-order valence-corrected chi connectivity index (χ1v) is 8.69. The summed E-state index contributed by atoms with van der Waals surface area (Å²) in [4.78, 5) is 0.168. The number of benzene rings is 2. The average molecular weight is 322 g/mol. The van der Waals surface area contributed by atoms with Crippen LogP contribution in [0.15, 0.2) is 47.4 Å². The predicted octanol–water partition coefficient (Wildman–Crippen LogP) is 3.79. The number of hydrogen-bond donors (Lipinski definition) is 0. The van der Waals surface area contributed by atoms with Crippen molar-refractivity contribution in [1.29, 1.82) is 0 Å². The second-order valence-electron chi connectivity index (χ2n) is 5.24. The van der Waals surface area contributed by atoms with Gasteiger partial charge in [0, 0.05) is 6.54 Å². The quantitative estimate of drug-likeness (QED) is 0.844. The zero-order chi connectivity index (χ0) is 15.0. The first kappa shape index (κ1) is 14.4. The van der Waals surface area contributed by atoms with Crippen molar-refractivity contribution in [2.24, 2.45) is 0 Å². The molecule has 5 heteroatoms. The minimum atomic E-state index is -3.62. The van der Waals surface area contributed by atoms with E-state index in [1.807, 2.05) is 25.1 Å². The van der Waals surface area contributed by atoms with Crippen LogP contribution in [-0.2, 0) is 16.4 Å². The number of fused-ring (bicyclic) bond motifs is 1. The van der Waals surface area contributed by atoms with Crippen LogP contribution in [0.25, 0.3) is 0 Å². The molecular weight excluding hydrogens is 306 g/mol. The van der Waals surface area contributed by atoms with E-state index in [4.69, 9.17) is 11.6 Å². The summed E-state index contributed by atoms with van der Waals surface area (Å²) in [5.74, 6) is 0. The normalized spacial score (nSPS) is 14.9. The molecule has 1 aliphatic rings. The second-order valence-corrected chi connectivity index (χ2v) is 7.48. The molecule has 0 aliphatic carbocycles. The zero-order valence-electron chi connectivity index (χ0n) is 11.7. The molecule has 0 amide bonds. The van der Waals surface area contributed by atoms with E-state index in [-0.39, 0.29) is 9.92 Å². The summed E-state index contributed by atoms with van der Waals surface area (Å²) in [5.41, 5.74) is 2.90. The van der Waals surface area contributed by atoms with Gasteiger partial charge in [-0.2, -0.15) is 0 Å². The molecule has 21 heavy (non-hydrogen) atoms. The van der Waals surface area contributed by atoms with Crippen molar-refractivity contribution < 1.29 is 8.42 Å². The summed E-state index contributed by atoms with van der Waals surface area (Å²) < 4.78 is 27.3. The Balaban J connectivity index is 2.14. The molecule has 1 heterocycles. The van der Waals surface area contributed by atoms with Gasteiger partial charge in [-0.05, 0) is 49.1 Å². The largest absolute Gasteiger partial charge is 0.266 e.